The van der Waals surface area contributed by atoms with Gasteiger partial charge in [-0.2, -0.15) is 0 Å². The van der Waals surface area contributed by atoms with Crippen LogP contribution in [0.1, 0.15) is 47.1 Å². The van der Waals surface area contributed by atoms with Gasteiger partial charge in [-0.15, -0.1) is 0 Å². The first-order valence-corrected chi connectivity index (χ1v) is 11.7. The minimum atomic E-state index is -2.97. The number of nitrogens with zero attached hydrogens (tertiary/aromatic N) is 2. The van der Waals surface area contributed by atoms with Crippen molar-refractivity contribution in [2.75, 3.05) is 18.5 Å². The Labute approximate surface area is 208 Å². The van der Waals surface area contributed by atoms with Gasteiger partial charge in [0.15, 0.2) is 5.78 Å². The van der Waals surface area contributed by atoms with Crippen LogP contribution in [0.4, 0.5) is 20.2 Å². The van der Waals surface area contributed by atoms with Crippen molar-refractivity contribution in [3.8, 4) is 0 Å². The number of para-hydroxylation sites is 1. The van der Waals surface area contributed by atoms with E-state index >= 15 is 0 Å². The van der Waals surface area contributed by atoms with Gasteiger partial charge in [0.05, 0.1) is 17.6 Å². The standard InChI is InChI=1S/C27H28F2N4O3/c1-18-30-15-20(16-31-18)24(34)13-27(11-12-36-17-27)25(35)32-14-19-7-9-21(10-8-19)33-23-6-4-3-5-22(23)26(2,28)29/h3-10,15-16,33H,11-14,17H2,1-2H3,(H,32,35)/t27-/m0/s1. The summed E-state index contributed by atoms with van der Waals surface area (Å²) in [5.41, 5.74) is 1.14. The lowest BCUT2D eigenvalue weighted by atomic mass is 9.80. The van der Waals surface area contributed by atoms with E-state index in [0.717, 1.165) is 12.5 Å². The third-order valence-electron chi connectivity index (χ3n) is 6.27. The Morgan fingerprint density at radius 3 is 2.42 bits per heavy atom. The summed E-state index contributed by atoms with van der Waals surface area (Å²) in [5.74, 6) is -2.86. The summed E-state index contributed by atoms with van der Waals surface area (Å²) in [6, 6.07) is 13.4. The second-order valence-electron chi connectivity index (χ2n) is 9.14. The Hall–Kier alpha value is -3.72. The van der Waals surface area contributed by atoms with Crippen LogP contribution in [0, 0.1) is 12.3 Å². The molecule has 0 unspecified atom stereocenters. The molecule has 2 heterocycles. The van der Waals surface area contributed by atoms with Crippen LogP contribution < -0.4 is 10.6 Å². The minimum Gasteiger partial charge on any atom is -0.380 e. The van der Waals surface area contributed by atoms with Crippen LogP contribution in [0.25, 0.3) is 0 Å². The zero-order valence-corrected chi connectivity index (χ0v) is 20.2. The lowest BCUT2D eigenvalue weighted by Crippen LogP contribution is -2.42. The fourth-order valence-corrected chi connectivity index (χ4v) is 4.16. The molecule has 0 aliphatic carbocycles. The van der Waals surface area contributed by atoms with E-state index in [0.29, 0.717) is 35.8 Å². The average Bonchev–Trinajstić information content (AvgIpc) is 3.33. The first-order valence-electron chi connectivity index (χ1n) is 11.7. The van der Waals surface area contributed by atoms with Crippen molar-refractivity contribution in [2.45, 2.75) is 39.2 Å². The second kappa shape index (κ2) is 10.5. The Balaban J connectivity index is 1.38. The van der Waals surface area contributed by atoms with E-state index < -0.39 is 11.3 Å². The maximum atomic E-state index is 13.9. The van der Waals surface area contributed by atoms with Crippen molar-refractivity contribution in [1.29, 1.82) is 0 Å². The van der Waals surface area contributed by atoms with Gasteiger partial charge in [0.25, 0.3) is 5.92 Å². The molecule has 4 rings (SSSR count). The van der Waals surface area contributed by atoms with Crippen LogP contribution in [-0.4, -0.2) is 34.9 Å². The number of halogens is 2. The summed E-state index contributed by atoms with van der Waals surface area (Å²) < 4.78 is 33.3. The predicted molar refractivity (Wildman–Crippen MR) is 131 cm³/mol. The molecule has 1 fully saturated rings. The number of nitrogens with one attached hydrogen (secondary N) is 2. The topological polar surface area (TPSA) is 93.2 Å². The number of carbonyl (C=O) groups excluding carboxylic acids is 2. The van der Waals surface area contributed by atoms with Crippen molar-refractivity contribution < 1.29 is 23.1 Å². The molecule has 0 saturated carbocycles. The minimum absolute atomic E-state index is 0.00951. The summed E-state index contributed by atoms with van der Waals surface area (Å²) in [7, 11) is 0. The number of alkyl halides is 2. The monoisotopic (exact) mass is 494 g/mol. The van der Waals surface area contributed by atoms with Gasteiger partial charge in [0, 0.05) is 55.8 Å². The molecule has 0 radical (unpaired) electrons. The molecule has 9 heteroatoms. The molecule has 1 atom stereocenters. The van der Waals surface area contributed by atoms with Gasteiger partial charge < -0.3 is 15.4 Å². The van der Waals surface area contributed by atoms with E-state index in [1.54, 1.807) is 37.3 Å². The van der Waals surface area contributed by atoms with Gasteiger partial charge in [0.1, 0.15) is 5.82 Å². The first kappa shape index (κ1) is 25.4. The lowest BCUT2D eigenvalue weighted by molar-refractivity contribution is -0.131. The van der Waals surface area contributed by atoms with Gasteiger partial charge in [-0.1, -0.05) is 30.3 Å². The highest BCUT2D eigenvalue weighted by Crippen LogP contribution is 2.35. The zero-order valence-electron chi connectivity index (χ0n) is 20.2. The SMILES string of the molecule is Cc1ncc(C(=O)C[C@@]2(C(=O)NCc3ccc(Nc4ccccc4C(C)(F)F)cc3)CCOC2)cn1. The highest BCUT2D eigenvalue weighted by atomic mass is 19.3. The van der Waals surface area contributed by atoms with Gasteiger partial charge in [0.2, 0.25) is 5.91 Å². The third-order valence-corrected chi connectivity index (χ3v) is 6.27. The molecule has 0 bridgehead atoms. The fourth-order valence-electron chi connectivity index (χ4n) is 4.16. The second-order valence-corrected chi connectivity index (χ2v) is 9.14. The number of anilines is 2. The van der Waals surface area contributed by atoms with E-state index in [4.69, 9.17) is 4.74 Å². The maximum absolute atomic E-state index is 13.9. The van der Waals surface area contributed by atoms with Gasteiger partial charge in [-0.3, -0.25) is 9.59 Å². The molecule has 36 heavy (non-hydrogen) atoms. The van der Waals surface area contributed by atoms with E-state index in [9.17, 15) is 18.4 Å². The molecule has 1 saturated heterocycles. The average molecular weight is 495 g/mol. The van der Waals surface area contributed by atoms with Crippen LogP contribution in [0.5, 0.6) is 0 Å². The van der Waals surface area contributed by atoms with Gasteiger partial charge in [-0.25, -0.2) is 18.7 Å². The molecule has 2 aromatic carbocycles. The molecule has 3 aromatic rings. The number of aromatic nitrogens is 2. The largest absolute Gasteiger partial charge is 0.380 e. The Bertz CT molecular complexity index is 1220. The van der Waals surface area contributed by atoms with Crippen LogP contribution in [0.2, 0.25) is 0 Å². The van der Waals surface area contributed by atoms with Gasteiger partial charge in [-0.05, 0) is 37.1 Å². The first-order chi connectivity index (χ1) is 17.2. The number of amides is 1. The van der Waals surface area contributed by atoms with Crippen molar-refractivity contribution in [2.24, 2.45) is 5.41 Å². The highest BCUT2D eigenvalue weighted by Gasteiger charge is 2.44. The van der Waals surface area contributed by atoms with Crippen LogP contribution in [0.15, 0.2) is 60.9 Å². The van der Waals surface area contributed by atoms with Crippen LogP contribution >= 0.6 is 0 Å². The summed E-state index contributed by atoms with van der Waals surface area (Å²) in [4.78, 5) is 34.1. The molecule has 1 aromatic heterocycles. The number of rotatable bonds is 9. The Morgan fingerprint density at radius 1 is 1.08 bits per heavy atom. The Morgan fingerprint density at radius 2 is 1.78 bits per heavy atom. The number of Topliss-reactive ketones (excluding diaryl/α,β-unsaturated/α-hetero) is 1. The molecule has 188 valence electrons. The van der Waals surface area contributed by atoms with Crippen LogP contribution in [0.3, 0.4) is 0 Å². The van der Waals surface area contributed by atoms with E-state index in [1.807, 2.05) is 12.1 Å². The molecular formula is C27H28F2N4O3. The molecule has 1 amide bonds. The Kier molecular flexibility index (Phi) is 7.40. The summed E-state index contributed by atoms with van der Waals surface area (Å²) >= 11 is 0. The summed E-state index contributed by atoms with van der Waals surface area (Å²) in [5, 5.41) is 5.95. The molecule has 7 nitrogen and oxygen atoms in total. The predicted octanol–water partition coefficient (Wildman–Crippen LogP) is 4.94. The number of ether oxygens (including phenoxy) is 1. The van der Waals surface area contributed by atoms with Crippen LogP contribution in [-0.2, 0) is 22.0 Å². The summed E-state index contributed by atoms with van der Waals surface area (Å²) in [6.45, 7) is 3.43. The third kappa shape index (κ3) is 5.91. The maximum Gasteiger partial charge on any atom is 0.272 e. The number of aryl methyl sites for hydroxylation is 1. The smallest absolute Gasteiger partial charge is 0.272 e. The van der Waals surface area contributed by atoms with Crippen molar-refractivity contribution in [3.05, 3.63) is 83.4 Å². The van der Waals surface area contributed by atoms with E-state index in [1.165, 1.54) is 18.5 Å². The van der Waals surface area contributed by atoms with Gasteiger partial charge >= 0.3 is 0 Å². The van der Waals surface area contributed by atoms with E-state index in [2.05, 4.69) is 20.6 Å². The zero-order chi connectivity index (χ0) is 25.8. The van der Waals surface area contributed by atoms with Crippen molar-refractivity contribution in [3.63, 3.8) is 0 Å². The van der Waals surface area contributed by atoms with Crippen molar-refractivity contribution >= 4 is 23.1 Å². The van der Waals surface area contributed by atoms with E-state index in [-0.39, 0.29) is 36.8 Å². The molecule has 1 aliphatic heterocycles. The number of hydrogen-bond donors (Lipinski definition) is 2. The number of hydrogen-bond acceptors (Lipinski definition) is 6. The molecule has 2 N–H and O–H groups in total. The quantitative estimate of drug-likeness (QED) is 0.410. The number of carbonyl (C=O) groups is 2. The molecule has 0 spiro atoms. The number of benzene rings is 2. The number of ketones is 1. The van der Waals surface area contributed by atoms with Crippen molar-refractivity contribution in [1.82, 2.24) is 15.3 Å². The fraction of sp³-hybridized carbons (Fsp3) is 0.333. The normalized spacial score (nSPS) is 17.6. The molecular weight excluding hydrogens is 466 g/mol. The molecule has 1 aliphatic rings. The lowest BCUT2D eigenvalue weighted by Gasteiger charge is -2.25. The summed E-state index contributed by atoms with van der Waals surface area (Å²) in [6.07, 6.45) is 3.40. The highest BCUT2D eigenvalue weighted by molar-refractivity contribution is 5.99.